The van der Waals surface area contributed by atoms with Crippen molar-refractivity contribution >= 4 is 34.3 Å². The average molecular weight is 407 g/mol. The lowest BCUT2D eigenvalue weighted by Crippen LogP contribution is -2.20. The Balaban J connectivity index is 1.45. The number of oxazole rings is 1. The van der Waals surface area contributed by atoms with E-state index in [-0.39, 0.29) is 12.5 Å². The summed E-state index contributed by atoms with van der Waals surface area (Å²) in [5.41, 5.74) is 4.90. The van der Waals surface area contributed by atoms with Crippen molar-refractivity contribution in [1.82, 2.24) is 4.98 Å². The first kappa shape index (κ1) is 19.0. The smallest absolute Gasteiger partial charge is 0.262 e. The van der Waals surface area contributed by atoms with Gasteiger partial charge >= 0.3 is 0 Å². The van der Waals surface area contributed by atoms with E-state index in [4.69, 9.17) is 20.8 Å². The topological polar surface area (TPSA) is 64.4 Å². The van der Waals surface area contributed by atoms with Crippen LogP contribution in [-0.4, -0.2) is 17.5 Å². The molecule has 0 bridgehead atoms. The summed E-state index contributed by atoms with van der Waals surface area (Å²) in [7, 11) is 0. The Labute approximate surface area is 173 Å². The zero-order valence-corrected chi connectivity index (χ0v) is 16.8. The van der Waals surface area contributed by atoms with Gasteiger partial charge in [0.05, 0.1) is 0 Å². The maximum atomic E-state index is 12.3. The molecule has 4 rings (SSSR count). The molecule has 0 saturated heterocycles. The Morgan fingerprint density at radius 3 is 2.62 bits per heavy atom. The minimum atomic E-state index is -0.245. The van der Waals surface area contributed by atoms with Crippen LogP contribution in [0.3, 0.4) is 0 Å². The Hall–Kier alpha value is -3.31. The van der Waals surface area contributed by atoms with Gasteiger partial charge in [-0.2, -0.15) is 0 Å². The van der Waals surface area contributed by atoms with E-state index >= 15 is 0 Å². The molecule has 6 heteroatoms. The predicted molar refractivity (Wildman–Crippen MR) is 114 cm³/mol. The highest BCUT2D eigenvalue weighted by molar-refractivity contribution is 6.30. The lowest BCUT2D eigenvalue weighted by atomic mass is 10.1. The first-order valence-corrected chi connectivity index (χ1v) is 9.52. The molecule has 4 aromatic rings. The minimum Gasteiger partial charge on any atom is -0.483 e. The van der Waals surface area contributed by atoms with Gasteiger partial charge in [0.1, 0.15) is 11.3 Å². The average Bonchev–Trinajstić information content (AvgIpc) is 3.11. The van der Waals surface area contributed by atoms with Gasteiger partial charge in [0.25, 0.3) is 5.91 Å². The summed E-state index contributed by atoms with van der Waals surface area (Å²) in [6, 6.07) is 18.4. The van der Waals surface area contributed by atoms with Gasteiger partial charge in [0, 0.05) is 16.3 Å². The zero-order chi connectivity index (χ0) is 20.4. The zero-order valence-electron chi connectivity index (χ0n) is 16.0. The normalized spacial score (nSPS) is 10.9. The summed E-state index contributed by atoms with van der Waals surface area (Å²) in [5.74, 6) is 0.953. The molecule has 0 fully saturated rings. The first-order valence-electron chi connectivity index (χ1n) is 9.14. The van der Waals surface area contributed by atoms with E-state index in [0.29, 0.717) is 33.4 Å². The number of nitrogens with zero attached hydrogens (tertiary/aromatic N) is 1. The molecular formula is C23H19ClN2O3. The highest BCUT2D eigenvalue weighted by Crippen LogP contribution is 2.27. The number of aromatic nitrogens is 1. The van der Waals surface area contributed by atoms with Gasteiger partial charge in [-0.15, -0.1) is 0 Å². The molecule has 5 nitrogen and oxygen atoms in total. The summed E-state index contributed by atoms with van der Waals surface area (Å²) in [6.45, 7) is 3.90. The second kappa shape index (κ2) is 7.97. The molecule has 0 radical (unpaired) electrons. The maximum absolute atomic E-state index is 12.3. The second-order valence-corrected chi connectivity index (χ2v) is 7.25. The Morgan fingerprint density at radius 2 is 1.86 bits per heavy atom. The minimum absolute atomic E-state index is 0.0726. The number of halogens is 1. The quantitative estimate of drug-likeness (QED) is 0.456. The van der Waals surface area contributed by atoms with Gasteiger partial charge in [-0.05, 0) is 67.9 Å². The van der Waals surface area contributed by atoms with Crippen molar-refractivity contribution in [3.8, 4) is 17.2 Å². The highest BCUT2D eigenvalue weighted by Gasteiger charge is 2.11. The van der Waals surface area contributed by atoms with Crippen LogP contribution in [0.2, 0.25) is 5.02 Å². The number of anilines is 1. The van der Waals surface area contributed by atoms with Crippen molar-refractivity contribution < 1.29 is 13.9 Å². The Morgan fingerprint density at radius 1 is 1.07 bits per heavy atom. The van der Waals surface area contributed by atoms with Gasteiger partial charge in [-0.3, -0.25) is 4.79 Å². The van der Waals surface area contributed by atoms with Gasteiger partial charge in [0.15, 0.2) is 12.2 Å². The maximum Gasteiger partial charge on any atom is 0.262 e. The van der Waals surface area contributed by atoms with Crippen molar-refractivity contribution in [2.75, 3.05) is 11.9 Å². The van der Waals surface area contributed by atoms with E-state index < -0.39 is 0 Å². The van der Waals surface area contributed by atoms with Crippen molar-refractivity contribution in [2.24, 2.45) is 0 Å². The van der Waals surface area contributed by atoms with Crippen molar-refractivity contribution in [2.45, 2.75) is 13.8 Å². The van der Waals surface area contributed by atoms with Crippen LogP contribution in [0.25, 0.3) is 22.6 Å². The van der Waals surface area contributed by atoms with Crippen LogP contribution in [0, 0.1) is 13.8 Å². The monoisotopic (exact) mass is 406 g/mol. The fraction of sp³-hybridized carbons (Fsp3) is 0.130. The van der Waals surface area contributed by atoms with Crippen LogP contribution in [0.15, 0.2) is 65.1 Å². The molecule has 1 N–H and O–H groups in total. The second-order valence-electron chi connectivity index (χ2n) is 6.81. The van der Waals surface area contributed by atoms with Crippen LogP contribution in [0.1, 0.15) is 11.1 Å². The number of aryl methyl sites for hydroxylation is 2. The molecule has 1 heterocycles. The van der Waals surface area contributed by atoms with Crippen LogP contribution >= 0.6 is 11.6 Å². The number of carbonyl (C=O) groups is 1. The van der Waals surface area contributed by atoms with E-state index in [1.165, 1.54) is 0 Å². The van der Waals surface area contributed by atoms with Crippen LogP contribution < -0.4 is 10.1 Å². The fourth-order valence-corrected chi connectivity index (χ4v) is 3.15. The number of ether oxygens (including phenoxy) is 1. The Bertz CT molecular complexity index is 1180. The molecule has 1 aromatic heterocycles. The van der Waals surface area contributed by atoms with Crippen LogP contribution in [0.5, 0.6) is 5.75 Å². The molecule has 3 aromatic carbocycles. The van der Waals surface area contributed by atoms with E-state index in [1.807, 2.05) is 44.2 Å². The summed E-state index contributed by atoms with van der Waals surface area (Å²) in [6.07, 6.45) is 0. The standard InChI is InChI=1S/C23H19ClN2O3/c1-14-3-9-20(15(2)11-14)28-13-22(27)25-18-8-10-21-19(12-18)26-23(29-21)16-4-6-17(24)7-5-16/h3-12H,13H2,1-2H3,(H,25,27). The molecule has 0 aliphatic rings. The number of benzene rings is 3. The molecule has 146 valence electrons. The van der Waals surface area contributed by atoms with E-state index in [0.717, 1.165) is 16.7 Å². The van der Waals surface area contributed by atoms with Gasteiger partial charge in [-0.1, -0.05) is 29.3 Å². The molecule has 0 aliphatic carbocycles. The fourth-order valence-electron chi connectivity index (χ4n) is 3.02. The van der Waals surface area contributed by atoms with E-state index in [9.17, 15) is 4.79 Å². The predicted octanol–water partition coefficient (Wildman–Crippen LogP) is 5.78. The number of fused-ring (bicyclic) bond motifs is 1. The molecule has 0 unspecified atom stereocenters. The number of carbonyl (C=O) groups excluding carboxylic acids is 1. The number of rotatable bonds is 5. The van der Waals surface area contributed by atoms with Crippen molar-refractivity contribution in [3.63, 3.8) is 0 Å². The summed E-state index contributed by atoms with van der Waals surface area (Å²) >= 11 is 5.93. The van der Waals surface area contributed by atoms with Crippen molar-refractivity contribution in [1.29, 1.82) is 0 Å². The molecule has 1 amide bonds. The third kappa shape index (κ3) is 4.41. The Kier molecular flexibility index (Phi) is 5.23. The largest absolute Gasteiger partial charge is 0.483 e. The van der Waals surface area contributed by atoms with E-state index in [2.05, 4.69) is 10.3 Å². The first-order chi connectivity index (χ1) is 14.0. The van der Waals surface area contributed by atoms with Crippen LogP contribution in [-0.2, 0) is 4.79 Å². The number of hydrogen-bond acceptors (Lipinski definition) is 4. The third-order valence-corrected chi connectivity index (χ3v) is 4.70. The van der Waals surface area contributed by atoms with Crippen LogP contribution in [0.4, 0.5) is 5.69 Å². The highest BCUT2D eigenvalue weighted by atomic mass is 35.5. The molecule has 0 saturated carbocycles. The number of hydrogen-bond donors (Lipinski definition) is 1. The lowest BCUT2D eigenvalue weighted by molar-refractivity contribution is -0.118. The van der Waals surface area contributed by atoms with Crippen molar-refractivity contribution in [3.05, 3.63) is 76.8 Å². The molecular weight excluding hydrogens is 388 g/mol. The molecule has 0 atom stereocenters. The third-order valence-electron chi connectivity index (χ3n) is 4.45. The van der Waals surface area contributed by atoms with Gasteiger partial charge in [0.2, 0.25) is 5.89 Å². The summed E-state index contributed by atoms with van der Waals surface area (Å²) < 4.78 is 11.4. The van der Waals surface area contributed by atoms with E-state index in [1.54, 1.807) is 30.3 Å². The number of amides is 1. The lowest BCUT2D eigenvalue weighted by Gasteiger charge is -2.10. The van der Waals surface area contributed by atoms with Gasteiger partial charge < -0.3 is 14.5 Å². The SMILES string of the molecule is Cc1ccc(OCC(=O)Nc2ccc3oc(-c4ccc(Cl)cc4)nc3c2)c(C)c1. The number of nitrogens with one attached hydrogen (secondary N) is 1. The molecule has 29 heavy (non-hydrogen) atoms. The summed E-state index contributed by atoms with van der Waals surface area (Å²) in [4.78, 5) is 16.8. The van der Waals surface area contributed by atoms with Gasteiger partial charge in [-0.25, -0.2) is 4.98 Å². The molecule has 0 spiro atoms. The molecule has 0 aliphatic heterocycles. The summed E-state index contributed by atoms with van der Waals surface area (Å²) in [5, 5.41) is 3.48.